The number of ether oxygens (including phenoxy) is 1. The molecular formula is C20H20BrN5O2. The summed E-state index contributed by atoms with van der Waals surface area (Å²) in [6, 6.07) is 11.5. The van der Waals surface area contributed by atoms with Crippen molar-refractivity contribution in [1.82, 2.24) is 20.0 Å². The summed E-state index contributed by atoms with van der Waals surface area (Å²) in [6.07, 6.45) is 6.83. The third-order valence-electron chi connectivity index (χ3n) is 4.79. The summed E-state index contributed by atoms with van der Waals surface area (Å²) in [5, 5.41) is 11.4. The zero-order valence-electron chi connectivity index (χ0n) is 15.4. The number of halogens is 1. The zero-order valence-corrected chi connectivity index (χ0v) is 17.0. The second-order valence-corrected chi connectivity index (χ2v) is 7.79. The molecule has 2 heterocycles. The average molecular weight is 442 g/mol. The van der Waals surface area contributed by atoms with Gasteiger partial charge in [0, 0.05) is 21.9 Å². The van der Waals surface area contributed by atoms with E-state index in [1.54, 1.807) is 0 Å². The number of benzene rings is 1. The smallest absolute Gasteiger partial charge is 0.411 e. The summed E-state index contributed by atoms with van der Waals surface area (Å²) in [5.74, 6) is 0.728. The van der Waals surface area contributed by atoms with Crippen molar-refractivity contribution >= 4 is 27.7 Å². The Hall–Kier alpha value is -2.74. The van der Waals surface area contributed by atoms with Gasteiger partial charge in [0.25, 0.3) is 0 Å². The van der Waals surface area contributed by atoms with Crippen LogP contribution in [0.3, 0.4) is 0 Å². The fraction of sp³-hybridized carbons (Fsp3) is 0.300. The van der Waals surface area contributed by atoms with Gasteiger partial charge in [-0.25, -0.2) is 9.48 Å². The molecule has 3 aromatic rings. The third kappa shape index (κ3) is 4.39. The van der Waals surface area contributed by atoms with Gasteiger partial charge in [0.1, 0.15) is 5.69 Å². The Morgan fingerprint density at radius 3 is 2.71 bits per heavy atom. The lowest BCUT2D eigenvalue weighted by molar-refractivity contribution is 0.187. The molecule has 7 nitrogen and oxygen atoms in total. The monoisotopic (exact) mass is 441 g/mol. The fourth-order valence-corrected chi connectivity index (χ4v) is 3.31. The van der Waals surface area contributed by atoms with Gasteiger partial charge in [0.05, 0.1) is 25.0 Å². The molecule has 1 aromatic carbocycles. The highest BCUT2D eigenvalue weighted by molar-refractivity contribution is 9.10. The van der Waals surface area contributed by atoms with Crippen molar-refractivity contribution in [3.63, 3.8) is 0 Å². The third-order valence-corrected chi connectivity index (χ3v) is 5.26. The van der Waals surface area contributed by atoms with Crippen LogP contribution in [0.15, 0.2) is 53.3 Å². The van der Waals surface area contributed by atoms with Crippen molar-refractivity contribution in [2.45, 2.75) is 25.3 Å². The number of hydrogen-bond donors (Lipinski definition) is 1. The normalized spacial score (nSPS) is 14.5. The molecule has 1 aliphatic carbocycles. The lowest BCUT2D eigenvalue weighted by Crippen LogP contribution is -2.14. The second-order valence-electron chi connectivity index (χ2n) is 6.87. The summed E-state index contributed by atoms with van der Waals surface area (Å²) in [7, 11) is 1.33. The number of anilines is 1. The van der Waals surface area contributed by atoms with Crippen molar-refractivity contribution in [1.29, 1.82) is 0 Å². The van der Waals surface area contributed by atoms with Crippen molar-refractivity contribution in [2.75, 3.05) is 12.4 Å². The van der Waals surface area contributed by atoms with E-state index in [0.29, 0.717) is 5.69 Å². The van der Waals surface area contributed by atoms with Gasteiger partial charge in [-0.3, -0.25) is 10.3 Å². The lowest BCUT2D eigenvalue weighted by atomic mass is 10.1. The van der Waals surface area contributed by atoms with Gasteiger partial charge >= 0.3 is 6.09 Å². The van der Waals surface area contributed by atoms with Gasteiger partial charge in [-0.05, 0) is 52.5 Å². The van der Waals surface area contributed by atoms with E-state index >= 15 is 0 Å². The molecule has 0 spiro atoms. The quantitative estimate of drug-likeness (QED) is 0.600. The Balaban J connectivity index is 1.56. The first-order valence-electron chi connectivity index (χ1n) is 9.11. The summed E-state index contributed by atoms with van der Waals surface area (Å²) in [6.45, 7) is 0. The van der Waals surface area contributed by atoms with Gasteiger partial charge < -0.3 is 4.74 Å². The van der Waals surface area contributed by atoms with E-state index in [1.165, 1.54) is 20.0 Å². The van der Waals surface area contributed by atoms with Gasteiger partial charge in [0.15, 0.2) is 0 Å². The highest BCUT2D eigenvalue weighted by atomic mass is 79.9. The van der Waals surface area contributed by atoms with Crippen LogP contribution in [-0.4, -0.2) is 33.2 Å². The first-order valence-corrected chi connectivity index (χ1v) is 9.90. The highest BCUT2D eigenvalue weighted by Crippen LogP contribution is 2.39. The molecule has 1 aliphatic rings. The first kappa shape index (κ1) is 18.6. The van der Waals surface area contributed by atoms with Crippen LogP contribution >= 0.6 is 15.9 Å². The molecule has 1 saturated carbocycles. The minimum atomic E-state index is -0.497. The van der Waals surface area contributed by atoms with E-state index in [1.807, 2.05) is 53.5 Å². The molecule has 4 rings (SSSR count). The SMILES string of the molecule is COC(=O)Nc1ccc(-c2cn(C(CC3CC3)c3ccc(Br)cn3)nn2)cc1. The number of rotatable bonds is 6. The molecule has 1 fully saturated rings. The van der Waals surface area contributed by atoms with Crippen LogP contribution in [0.5, 0.6) is 0 Å². The van der Waals surface area contributed by atoms with Crippen LogP contribution in [0.25, 0.3) is 11.3 Å². The average Bonchev–Trinajstić information content (AvgIpc) is 3.41. The van der Waals surface area contributed by atoms with Crippen LogP contribution in [0.1, 0.15) is 31.0 Å². The molecule has 1 amide bonds. The Morgan fingerprint density at radius 2 is 2.07 bits per heavy atom. The minimum absolute atomic E-state index is 0.0714. The molecule has 2 aromatic heterocycles. The minimum Gasteiger partial charge on any atom is -0.453 e. The predicted octanol–water partition coefficient (Wildman–Crippen LogP) is 4.67. The number of hydrogen-bond acceptors (Lipinski definition) is 5. The van der Waals surface area contributed by atoms with E-state index in [2.05, 4.69) is 41.3 Å². The first-order chi connectivity index (χ1) is 13.6. The molecule has 8 heteroatoms. The fourth-order valence-electron chi connectivity index (χ4n) is 3.07. The van der Waals surface area contributed by atoms with E-state index in [0.717, 1.165) is 33.8 Å². The maximum absolute atomic E-state index is 11.3. The highest BCUT2D eigenvalue weighted by Gasteiger charge is 2.29. The molecule has 0 aliphatic heterocycles. The largest absolute Gasteiger partial charge is 0.453 e. The Labute approximate surface area is 171 Å². The van der Waals surface area contributed by atoms with Crippen molar-refractivity contribution in [2.24, 2.45) is 5.92 Å². The van der Waals surface area contributed by atoms with Crippen molar-refractivity contribution < 1.29 is 9.53 Å². The zero-order chi connectivity index (χ0) is 19.5. The number of pyridine rings is 1. The number of aromatic nitrogens is 4. The molecular weight excluding hydrogens is 422 g/mol. The van der Waals surface area contributed by atoms with Crippen molar-refractivity contribution in [3.05, 3.63) is 59.0 Å². The number of nitrogens with zero attached hydrogens (tertiary/aromatic N) is 4. The van der Waals surface area contributed by atoms with Crippen LogP contribution in [0, 0.1) is 5.92 Å². The molecule has 0 bridgehead atoms. The van der Waals surface area contributed by atoms with E-state index in [-0.39, 0.29) is 6.04 Å². The number of amides is 1. The number of methoxy groups -OCH3 is 1. The summed E-state index contributed by atoms with van der Waals surface area (Å²) in [4.78, 5) is 15.9. The predicted molar refractivity (Wildman–Crippen MR) is 109 cm³/mol. The van der Waals surface area contributed by atoms with Gasteiger partial charge in [0.2, 0.25) is 0 Å². The maximum atomic E-state index is 11.3. The number of carbonyl (C=O) groups is 1. The Kier molecular flexibility index (Phi) is 5.38. The van der Waals surface area contributed by atoms with Crippen LogP contribution in [-0.2, 0) is 4.74 Å². The molecule has 1 atom stereocenters. The van der Waals surface area contributed by atoms with Crippen LogP contribution in [0.2, 0.25) is 0 Å². The maximum Gasteiger partial charge on any atom is 0.411 e. The second kappa shape index (κ2) is 8.10. The van der Waals surface area contributed by atoms with Crippen molar-refractivity contribution in [3.8, 4) is 11.3 Å². The Bertz CT molecular complexity index is 951. The number of nitrogens with one attached hydrogen (secondary N) is 1. The van der Waals surface area contributed by atoms with Gasteiger partial charge in [-0.2, -0.15) is 0 Å². The summed E-state index contributed by atoms with van der Waals surface area (Å²) in [5.41, 5.74) is 3.36. The molecule has 1 N–H and O–H groups in total. The topological polar surface area (TPSA) is 81.9 Å². The van der Waals surface area contributed by atoms with Crippen LogP contribution < -0.4 is 5.32 Å². The van der Waals surface area contributed by atoms with E-state index in [4.69, 9.17) is 0 Å². The molecule has 0 radical (unpaired) electrons. The van der Waals surface area contributed by atoms with E-state index in [9.17, 15) is 4.79 Å². The standard InChI is InChI=1S/C20H20BrN5O2/c1-28-20(27)23-16-7-4-14(5-8-16)18-12-26(25-24-18)19(10-13-2-3-13)17-9-6-15(21)11-22-17/h4-9,11-13,19H,2-3,10H2,1H3,(H,23,27). The molecule has 0 saturated heterocycles. The molecule has 1 unspecified atom stereocenters. The summed E-state index contributed by atoms with van der Waals surface area (Å²) < 4.78 is 7.47. The van der Waals surface area contributed by atoms with Gasteiger partial charge in [-0.1, -0.05) is 30.2 Å². The Morgan fingerprint density at radius 1 is 1.29 bits per heavy atom. The summed E-state index contributed by atoms with van der Waals surface area (Å²) >= 11 is 3.44. The van der Waals surface area contributed by atoms with Gasteiger partial charge in [-0.15, -0.1) is 5.10 Å². The lowest BCUT2D eigenvalue weighted by Gasteiger charge is -2.16. The van der Waals surface area contributed by atoms with E-state index < -0.39 is 6.09 Å². The molecule has 28 heavy (non-hydrogen) atoms. The number of carbonyl (C=O) groups excluding carboxylic acids is 1. The van der Waals surface area contributed by atoms with Crippen LogP contribution in [0.4, 0.5) is 10.5 Å². The molecule has 144 valence electrons.